The minimum atomic E-state index is 0.399. The van der Waals surface area contributed by atoms with Gasteiger partial charge in [0.25, 0.3) is 0 Å². The van der Waals surface area contributed by atoms with Gasteiger partial charge in [0.15, 0.2) is 11.4 Å². The summed E-state index contributed by atoms with van der Waals surface area (Å²) < 4.78 is 7.83. The molecule has 0 spiro atoms. The average molecular weight is 446 g/mol. The molecule has 0 bridgehead atoms. The molecule has 0 radical (unpaired) electrons. The summed E-state index contributed by atoms with van der Waals surface area (Å²) in [5, 5.41) is 17.8. The molecule has 8 heteroatoms. The Hall–Kier alpha value is -4.64. The molecule has 1 aliphatic rings. The number of hydrogen-bond donors (Lipinski definition) is 0. The molecule has 0 N–H and O–H groups in total. The van der Waals surface area contributed by atoms with Gasteiger partial charge in [-0.1, -0.05) is 6.07 Å². The van der Waals surface area contributed by atoms with Gasteiger partial charge in [-0.2, -0.15) is 5.26 Å². The van der Waals surface area contributed by atoms with Crippen molar-refractivity contribution in [3.63, 3.8) is 0 Å². The van der Waals surface area contributed by atoms with Gasteiger partial charge in [0.2, 0.25) is 5.89 Å². The van der Waals surface area contributed by atoms with E-state index < -0.39 is 0 Å². The third kappa shape index (κ3) is 3.44. The summed E-state index contributed by atoms with van der Waals surface area (Å²) >= 11 is 0. The number of benzene rings is 2. The predicted octanol–water partition coefficient (Wildman–Crippen LogP) is 4.91. The van der Waals surface area contributed by atoms with Crippen LogP contribution in [0.3, 0.4) is 0 Å². The largest absolute Gasteiger partial charge is 0.435 e. The van der Waals surface area contributed by atoms with Crippen LogP contribution in [0.25, 0.3) is 45.2 Å². The Morgan fingerprint density at radius 2 is 1.97 bits per heavy atom. The lowest BCUT2D eigenvalue weighted by Gasteiger charge is -2.12. The fourth-order valence-electron chi connectivity index (χ4n) is 4.11. The highest BCUT2D eigenvalue weighted by Crippen LogP contribution is 2.42. The van der Waals surface area contributed by atoms with Crippen molar-refractivity contribution < 1.29 is 9.21 Å². The van der Waals surface area contributed by atoms with Crippen molar-refractivity contribution in [3.05, 3.63) is 71.7 Å². The Kier molecular flexibility index (Phi) is 4.56. The smallest absolute Gasteiger partial charge is 0.246 e. The summed E-state index contributed by atoms with van der Waals surface area (Å²) in [7, 11) is 1.87. The Balaban J connectivity index is 1.55. The highest BCUT2D eigenvalue weighted by atomic mass is 16.3. The van der Waals surface area contributed by atoms with E-state index in [1.54, 1.807) is 30.6 Å². The number of aldehydes is 1. The van der Waals surface area contributed by atoms with Crippen LogP contribution in [0.2, 0.25) is 0 Å². The van der Waals surface area contributed by atoms with Crippen LogP contribution >= 0.6 is 0 Å². The van der Waals surface area contributed by atoms with Crippen molar-refractivity contribution in [1.82, 2.24) is 24.7 Å². The van der Waals surface area contributed by atoms with Crippen molar-refractivity contribution in [2.75, 3.05) is 0 Å². The number of rotatable bonds is 5. The number of aryl methyl sites for hydroxylation is 1. The molecule has 0 amide bonds. The fourth-order valence-corrected chi connectivity index (χ4v) is 4.11. The van der Waals surface area contributed by atoms with Gasteiger partial charge < -0.3 is 8.98 Å². The summed E-state index contributed by atoms with van der Waals surface area (Å²) in [4.78, 5) is 20.6. The van der Waals surface area contributed by atoms with E-state index in [1.807, 2.05) is 29.8 Å². The van der Waals surface area contributed by atoms with E-state index in [0.717, 1.165) is 41.5 Å². The second-order valence-electron chi connectivity index (χ2n) is 8.44. The van der Waals surface area contributed by atoms with Gasteiger partial charge in [0.1, 0.15) is 23.8 Å². The molecule has 1 aliphatic carbocycles. The number of oxazole rings is 1. The van der Waals surface area contributed by atoms with Crippen molar-refractivity contribution in [2.24, 2.45) is 7.05 Å². The summed E-state index contributed by atoms with van der Waals surface area (Å²) in [6, 6.07) is 17.0. The van der Waals surface area contributed by atoms with Crippen LogP contribution < -0.4 is 0 Å². The van der Waals surface area contributed by atoms with Crippen molar-refractivity contribution in [1.29, 1.82) is 5.26 Å². The number of nitriles is 1. The first kappa shape index (κ1) is 20.0. The number of pyridine rings is 1. The van der Waals surface area contributed by atoms with E-state index in [2.05, 4.69) is 27.3 Å². The molecule has 0 unspecified atom stereocenters. The predicted molar refractivity (Wildman–Crippen MR) is 125 cm³/mol. The van der Waals surface area contributed by atoms with E-state index in [9.17, 15) is 10.1 Å². The molecule has 0 atom stereocenters. The maximum Gasteiger partial charge on any atom is 0.246 e. The normalized spacial score (nSPS) is 13.2. The average Bonchev–Trinajstić information content (AvgIpc) is 3.50. The quantitative estimate of drug-likeness (QED) is 0.353. The lowest BCUT2D eigenvalue weighted by atomic mass is 9.96. The minimum absolute atomic E-state index is 0.399. The fraction of sp³-hybridized carbons (Fsp3) is 0.154. The summed E-state index contributed by atoms with van der Waals surface area (Å²) in [6.07, 6.45) is 4.61. The van der Waals surface area contributed by atoms with Gasteiger partial charge in [-0.25, -0.2) is 9.97 Å². The molecule has 0 saturated heterocycles. The Bertz CT molecular complexity index is 1620. The van der Waals surface area contributed by atoms with E-state index in [0.29, 0.717) is 45.6 Å². The van der Waals surface area contributed by atoms with Gasteiger partial charge in [-0.3, -0.25) is 4.79 Å². The third-order valence-corrected chi connectivity index (χ3v) is 6.02. The first-order chi connectivity index (χ1) is 16.6. The Morgan fingerprint density at radius 3 is 2.71 bits per heavy atom. The second-order valence-corrected chi connectivity index (χ2v) is 8.44. The SMILES string of the molecule is Cn1cnnc1-c1cc(C#N)ccc1-c1cc(-c2nc3cc(C=O)ccc3o2)nc(C2CC2)c1. The second kappa shape index (κ2) is 7.74. The summed E-state index contributed by atoms with van der Waals surface area (Å²) in [5.74, 6) is 1.47. The lowest BCUT2D eigenvalue weighted by molar-refractivity contribution is 0.112. The third-order valence-electron chi connectivity index (χ3n) is 6.02. The van der Waals surface area contributed by atoms with Crippen molar-refractivity contribution in [2.45, 2.75) is 18.8 Å². The van der Waals surface area contributed by atoms with Gasteiger partial charge in [-0.15, -0.1) is 10.2 Å². The monoisotopic (exact) mass is 446 g/mol. The molecule has 164 valence electrons. The van der Waals surface area contributed by atoms with E-state index in [1.165, 1.54) is 0 Å². The van der Waals surface area contributed by atoms with E-state index >= 15 is 0 Å². The maximum absolute atomic E-state index is 11.2. The molecular weight excluding hydrogens is 428 g/mol. The van der Waals surface area contributed by atoms with Crippen LogP contribution in [-0.4, -0.2) is 31.0 Å². The first-order valence-electron chi connectivity index (χ1n) is 10.9. The zero-order valence-corrected chi connectivity index (χ0v) is 18.3. The molecule has 5 aromatic rings. The molecular formula is C26H18N6O2. The van der Waals surface area contributed by atoms with Crippen LogP contribution in [0.1, 0.15) is 40.4 Å². The number of carbonyl (C=O) groups is 1. The van der Waals surface area contributed by atoms with Crippen LogP contribution in [0.5, 0.6) is 0 Å². The standard InChI is InChI=1S/C26H18N6O2/c1-32-14-28-31-25(32)20-8-15(12-27)2-6-19(20)18-10-21(17-4-5-17)29-23(11-18)26-30-22-9-16(13-33)3-7-24(22)34-26/h2-3,6-11,13-14,17H,4-5H2,1H3. The van der Waals surface area contributed by atoms with Crippen LogP contribution in [-0.2, 0) is 7.05 Å². The number of aromatic nitrogens is 5. The van der Waals surface area contributed by atoms with Crippen molar-refractivity contribution >= 4 is 17.4 Å². The number of hydrogen-bond acceptors (Lipinski definition) is 7. The first-order valence-corrected chi connectivity index (χ1v) is 10.9. The highest BCUT2D eigenvalue weighted by Gasteiger charge is 2.27. The lowest BCUT2D eigenvalue weighted by Crippen LogP contribution is -1.97. The van der Waals surface area contributed by atoms with Crippen LogP contribution in [0, 0.1) is 11.3 Å². The van der Waals surface area contributed by atoms with E-state index in [4.69, 9.17) is 9.40 Å². The molecule has 1 fully saturated rings. The van der Waals surface area contributed by atoms with Crippen molar-refractivity contribution in [3.8, 4) is 40.2 Å². The highest BCUT2D eigenvalue weighted by molar-refractivity contribution is 5.86. The molecule has 34 heavy (non-hydrogen) atoms. The zero-order chi connectivity index (χ0) is 23.2. The molecule has 1 saturated carbocycles. The van der Waals surface area contributed by atoms with Gasteiger partial charge in [-0.05, 0) is 66.4 Å². The minimum Gasteiger partial charge on any atom is -0.435 e. The zero-order valence-electron chi connectivity index (χ0n) is 18.3. The Labute approximate surface area is 194 Å². The molecule has 3 heterocycles. The molecule has 3 aromatic heterocycles. The molecule has 6 rings (SSSR count). The molecule has 0 aliphatic heterocycles. The Morgan fingerprint density at radius 1 is 1.09 bits per heavy atom. The molecule has 2 aromatic carbocycles. The molecule has 8 nitrogen and oxygen atoms in total. The summed E-state index contributed by atoms with van der Waals surface area (Å²) in [6.45, 7) is 0. The summed E-state index contributed by atoms with van der Waals surface area (Å²) in [5.41, 5.74) is 6.56. The van der Waals surface area contributed by atoms with E-state index in [-0.39, 0.29) is 0 Å². The topological polar surface area (TPSA) is 110 Å². The number of nitrogens with zero attached hydrogens (tertiary/aromatic N) is 6. The van der Waals surface area contributed by atoms with Crippen LogP contribution in [0.15, 0.2) is 59.3 Å². The number of fused-ring (bicyclic) bond motifs is 1. The number of carbonyl (C=O) groups excluding carboxylic acids is 1. The van der Waals surface area contributed by atoms with Gasteiger partial charge in [0, 0.05) is 29.8 Å². The van der Waals surface area contributed by atoms with Gasteiger partial charge >= 0.3 is 0 Å². The van der Waals surface area contributed by atoms with Crippen LogP contribution in [0.4, 0.5) is 0 Å². The maximum atomic E-state index is 11.2. The van der Waals surface area contributed by atoms with Gasteiger partial charge in [0.05, 0.1) is 11.6 Å².